The Bertz CT molecular complexity index is 1710. The Morgan fingerprint density at radius 1 is 1.16 bits per heavy atom. The Balaban J connectivity index is 2.13. The van der Waals surface area contributed by atoms with Crippen molar-refractivity contribution in [2.45, 2.75) is 18.3 Å². The van der Waals surface area contributed by atoms with Gasteiger partial charge in [0.15, 0.2) is 5.75 Å². The number of pyridine rings is 1. The lowest BCUT2D eigenvalue weighted by Crippen LogP contribution is -2.28. The van der Waals surface area contributed by atoms with Crippen LogP contribution in [0.1, 0.15) is 12.0 Å². The van der Waals surface area contributed by atoms with Crippen molar-refractivity contribution in [3.05, 3.63) is 63.5 Å². The van der Waals surface area contributed by atoms with Gasteiger partial charge in [-0.15, -0.1) is 0 Å². The molecule has 0 aliphatic rings. The van der Waals surface area contributed by atoms with Crippen LogP contribution in [0.3, 0.4) is 0 Å². The lowest BCUT2D eigenvalue weighted by atomic mass is 9.90. The Kier molecular flexibility index (Phi) is 7.22. The van der Waals surface area contributed by atoms with E-state index in [0.29, 0.717) is 10.8 Å². The summed E-state index contributed by atoms with van der Waals surface area (Å²) >= 11 is 9.06. The highest BCUT2D eigenvalue weighted by Gasteiger charge is 2.49. The Morgan fingerprint density at radius 2 is 1.86 bits per heavy atom. The molecule has 37 heavy (non-hydrogen) atoms. The molecular weight excluding hydrogens is 608 g/mol. The molecule has 0 amide bonds. The van der Waals surface area contributed by atoms with Crippen LogP contribution in [0, 0.1) is 17.1 Å². The van der Waals surface area contributed by atoms with E-state index in [4.69, 9.17) is 16.9 Å². The first kappa shape index (κ1) is 26.9. The summed E-state index contributed by atoms with van der Waals surface area (Å²) in [6.45, 7) is 0. The minimum Gasteiger partial charge on any atom is -0.355 e. The van der Waals surface area contributed by atoms with Gasteiger partial charge in [0.25, 0.3) is 0 Å². The van der Waals surface area contributed by atoms with E-state index in [1.807, 2.05) is 6.07 Å². The smallest absolute Gasteiger partial charge is 0.355 e. The molecule has 192 valence electrons. The number of fused-ring (bicyclic) bond motifs is 2. The molecule has 1 aromatic heterocycles. The van der Waals surface area contributed by atoms with Crippen LogP contribution in [0.25, 0.3) is 32.7 Å². The normalized spacial score (nSPS) is 12.1. The van der Waals surface area contributed by atoms with E-state index in [1.54, 1.807) is 24.3 Å². The van der Waals surface area contributed by atoms with Crippen molar-refractivity contribution in [2.24, 2.45) is 0 Å². The molecule has 0 spiro atoms. The Hall–Kier alpha value is -3.18. The van der Waals surface area contributed by atoms with Gasteiger partial charge in [-0.1, -0.05) is 35.9 Å². The molecule has 4 rings (SSSR count). The van der Waals surface area contributed by atoms with Crippen LogP contribution < -0.4 is 9.07 Å². The molecule has 0 saturated heterocycles. The lowest BCUT2D eigenvalue weighted by Gasteiger charge is -2.18. The fourth-order valence-corrected chi connectivity index (χ4v) is 4.90. The van der Waals surface area contributed by atoms with Crippen molar-refractivity contribution in [1.29, 1.82) is 5.26 Å². The van der Waals surface area contributed by atoms with Gasteiger partial charge in [0.2, 0.25) is 5.88 Å². The number of hydrogen-bond donors (Lipinski definition) is 1. The number of hydrogen-bond acceptors (Lipinski definition) is 7. The van der Waals surface area contributed by atoms with Gasteiger partial charge in [0.1, 0.15) is 11.0 Å². The van der Waals surface area contributed by atoms with Gasteiger partial charge in [0.05, 0.1) is 10.5 Å². The van der Waals surface area contributed by atoms with Gasteiger partial charge in [-0.3, -0.25) is 0 Å². The number of benzene rings is 3. The molecule has 0 aliphatic carbocycles. The Morgan fingerprint density at radius 3 is 2.51 bits per heavy atom. The first-order chi connectivity index (χ1) is 17.4. The third-order valence-electron chi connectivity index (χ3n) is 5.37. The van der Waals surface area contributed by atoms with Gasteiger partial charge in [0, 0.05) is 22.8 Å². The summed E-state index contributed by atoms with van der Waals surface area (Å²) in [6, 6.07) is 12.7. The van der Waals surface area contributed by atoms with Gasteiger partial charge < -0.3 is 9.07 Å². The average Bonchev–Trinajstić information content (AvgIpc) is 2.84. The first-order valence-electron chi connectivity index (χ1n) is 10.1. The van der Waals surface area contributed by atoms with E-state index >= 15 is 4.39 Å². The molecular formula is C23H12BrClF4N2O5S. The van der Waals surface area contributed by atoms with Crippen LogP contribution in [0.5, 0.6) is 11.6 Å². The third-order valence-corrected chi connectivity index (χ3v) is 7.59. The fraction of sp³-hybridized carbons (Fsp3) is 0.130. The molecule has 0 bridgehead atoms. The highest BCUT2D eigenvalue weighted by atomic mass is 79.9. The van der Waals surface area contributed by atoms with Crippen molar-refractivity contribution in [3.63, 3.8) is 0 Å². The summed E-state index contributed by atoms with van der Waals surface area (Å²) < 4.78 is 82.8. The van der Waals surface area contributed by atoms with Crippen LogP contribution in [0.2, 0.25) is 5.15 Å². The van der Waals surface area contributed by atoms with E-state index < -0.39 is 43.2 Å². The SMILES string of the molecule is N#CCCc1cc2c(OS(=O)(=O)C(F)(F)F)nc(Cl)c(Br)c2c(F)c1-c1cc(OO)cc2ccccc12. The van der Waals surface area contributed by atoms with Crippen molar-refractivity contribution >= 4 is 59.2 Å². The number of nitriles is 1. The summed E-state index contributed by atoms with van der Waals surface area (Å²) in [5.41, 5.74) is -5.52. The van der Waals surface area contributed by atoms with Crippen LogP contribution in [-0.4, -0.2) is 24.2 Å². The second-order valence-electron chi connectivity index (χ2n) is 7.59. The number of aryl methyl sites for hydroxylation is 1. The van der Waals surface area contributed by atoms with E-state index in [2.05, 4.69) is 30.0 Å². The predicted molar refractivity (Wildman–Crippen MR) is 130 cm³/mol. The highest BCUT2D eigenvalue weighted by molar-refractivity contribution is 9.10. The number of rotatable bonds is 6. The topological polar surface area (TPSA) is 110 Å². The largest absolute Gasteiger partial charge is 0.534 e. The molecule has 0 atom stereocenters. The van der Waals surface area contributed by atoms with Gasteiger partial charge in [-0.2, -0.15) is 31.8 Å². The van der Waals surface area contributed by atoms with Gasteiger partial charge >= 0.3 is 15.6 Å². The van der Waals surface area contributed by atoms with Crippen molar-refractivity contribution < 1.29 is 40.3 Å². The molecule has 7 nitrogen and oxygen atoms in total. The van der Waals surface area contributed by atoms with Crippen LogP contribution in [0.4, 0.5) is 17.6 Å². The maximum atomic E-state index is 16.4. The summed E-state index contributed by atoms with van der Waals surface area (Å²) in [5.74, 6) is -2.15. The van der Waals surface area contributed by atoms with Crippen molar-refractivity contribution in [1.82, 2.24) is 4.98 Å². The van der Waals surface area contributed by atoms with Crippen molar-refractivity contribution in [2.75, 3.05) is 0 Å². The van der Waals surface area contributed by atoms with E-state index in [-0.39, 0.29) is 39.8 Å². The molecule has 1 N–H and O–H groups in total. The van der Waals surface area contributed by atoms with Gasteiger partial charge in [-0.25, -0.2) is 9.65 Å². The third kappa shape index (κ3) is 4.89. The monoisotopic (exact) mass is 618 g/mol. The molecule has 4 aromatic rings. The summed E-state index contributed by atoms with van der Waals surface area (Å²) in [6.07, 6.45) is -0.200. The minimum absolute atomic E-state index is 0.0356. The van der Waals surface area contributed by atoms with E-state index in [9.17, 15) is 26.8 Å². The maximum Gasteiger partial charge on any atom is 0.534 e. The highest BCUT2D eigenvalue weighted by Crippen LogP contribution is 2.45. The second kappa shape index (κ2) is 9.94. The maximum absolute atomic E-state index is 16.4. The number of aromatic nitrogens is 1. The van der Waals surface area contributed by atoms with E-state index in [0.717, 1.165) is 0 Å². The lowest BCUT2D eigenvalue weighted by molar-refractivity contribution is -0.137. The van der Waals surface area contributed by atoms with E-state index in [1.165, 1.54) is 18.2 Å². The van der Waals surface area contributed by atoms with Gasteiger partial charge in [-0.05, 0) is 62.4 Å². The van der Waals surface area contributed by atoms with Crippen LogP contribution in [-0.2, 0) is 16.5 Å². The zero-order chi connectivity index (χ0) is 27.1. The molecule has 3 aromatic carbocycles. The summed E-state index contributed by atoms with van der Waals surface area (Å²) in [4.78, 5) is 7.95. The zero-order valence-electron chi connectivity index (χ0n) is 18.1. The molecule has 14 heteroatoms. The van der Waals surface area contributed by atoms with Crippen molar-refractivity contribution in [3.8, 4) is 28.8 Å². The summed E-state index contributed by atoms with van der Waals surface area (Å²) in [5, 5.41) is 18.1. The predicted octanol–water partition coefficient (Wildman–Crippen LogP) is 7.15. The number of alkyl halides is 3. The first-order valence-corrected chi connectivity index (χ1v) is 12.7. The van der Waals surface area contributed by atoms with Crippen LogP contribution >= 0.6 is 27.5 Å². The minimum atomic E-state index is -6.17. The standard InChI is InChI=1S/C23H12BrClF4N2O5S/c24-19-18-16(22(31-21(19)25)36-37(33,34)23(27,28)29)9-12(5-3-7-30)17(20(18)26)15-10-13(35-32)8-11-4-1-2-6-14(11)15/h1-2,4,6,8-10,32H,3,5H2. The quantitative estimate of drug-likeness (QED) is 0.0610. The zero-order valence-corrected chi connectivity index (χ0v) is 21.3. The number of nitrogens with zero attached hydrogens (tertiary/aromatic N) is 2. The average molecular weight is 620 g/mol. The fourth-order valence-electron chi connectivity index (χ4n) is 3.82. The molecule has 0 radical (unpaired) electrons. The molecule has 1 heterocycles. The Labute approximate surface area is 220 Å². The van der Waals surface area contributed by atoms with Crippen LogP contribution in [0.15, 0.2) is 46.9 Å². The molecule has 0 fully saturated rings. The molecule has 0 aliphatic heterocycles. The molecule has 0 saturated carbocycles. The second-order valence-corrected chi connectivity index (χ2v) is 10.3. The molecule has 0 unspecified atom stereocenters. The number of halogens is 6. The summed E-state index contributed by atoms with van der Waals surface area (Å²) in [7, 11) is -6.17.